The minimum Gasteiger partial charge on any atom is -0.362 e. The van der Waals surface area contributed by atoms with Crippen molar-refractivity contribution in [1.29, 1.82) is 0 Å². The van der Waals surface area contributed by atoms with E-state index in [2.05, 4.69) is 13.8 Å². The van der Waals surface area contributed by atoms with Crippen LogP contribution in [0.15, 0.2) is 48.5 Å². The molecule has 2 aliphatic heterocycles. The summed E-state index contributed by atoms with van der Waals surface area (Å²) in [5.41, 5.74) is 2.18. The van der Waals surface area contributed by atoms with Crippen LogP contribution < -0.4 is 4.90 Å². The fourth-order valence-electron chi connectivity index (χ4n) is 3.36. The van der Waals surface area contributed by atoms with E-state index in [-0.39, 0.29) is 18.1 Å². The number of carbonyl (C=O) groups excluding carboxylic acids is 1. The Kier molecular flexibility index (Phi) is 2.87. The van der Waals surface area contributed by atoms with E-state index in [0.29, 0.717) is 10.6 Å². The van der Waals surface area contributed by atoms with Crippen molar-refractivity contribution >= 4 is 23.2 Å². The number of ether oxygens (including phenoxy) is 1. The molecule has 1 saturated heterocycles. The van der Waals surface area contributed by atoms with Gasteiger partial charge >= 0.3 is 0 Å². The number of nitrogens with zero attached hydrogens (tertiary/aromatic N) is 1. The van der Waals surface area contributed by atoms with Gasteiger partial charge in [-0.25, -0.2) is 0 Å². The highest BCUT2D eigenvalue weighted by Gasteiger charge is 2.59. The van der Waals surface area contributed by atoms with Gasteiger partial charge in [-0.2, -0.15) is 0 Å². The van der Waals surface area contributed by atoms with Gasteiger partial charge in [0, 0.05) is 16.1 Å². The molecule has 2 aromatic rings. The summed E-state index contributed by atoms with van der Waals surface area (Å²) in [6.45, 7) is 4.10. The zero-order chi connectivity index (χ0) is 15.5. The Morgan fingerprint density at radius 3 is 2.64 bits per heavy atom. The largest absolute Gasteiger partial charge is 0.362 e. The standard InChI is InChI=1S/C18H16ClNO2/c1-18(2)16-15(22-16)13-10-12(19)8-9-14(13)20(18)17(21)11-6-4-3-5-7-11/h3-10,15-16H,1-2H3. The van der Waals surface area contributed by atoms with E-state index in [1.54, 1.807) is 0 Å². The van der Waals surface area contributed by atoms with Gasteiger partial charge in [0.25, 0.3) is 5.91 Å². The first-order valence-corrected chi connectivity index (χ1v) is 7.72. The molecule has 4 rings (SSSR count). The van der Waals surface area contributed by atoms with Crippen LogP contribution in [0.5, 0.6) is 0 Å². The van der Waals surface area contributed by atoms with E-state index < -0.39 is 5.54 Å². The third-order valence-electron chi connectivity index (χ3n) is 4.53. The monoisotopic (exact) mass is 313 g/mol. The number of benzene rings is 2. The number of fused-ring (bicyclic) bond motifs is 3. The fourth-order valence-corrected chi connectivity index (χ4v) is 3.54. The molecule has 4 heteroatoms. The van der Waals surface area contributed by atoms with Crippen molar-refractivity contribution in [3.8, 4) is 0 Å². The summed E-state index contributed by atoms with van der Waals surface area (Å²) in [5.74, 6) is -0.0110. The summed E-state index contributed by atoms with van der Waals surface area (Å²) in [5, 5.41) is 0.666. The van der Waals surface area contributed by atoms with E-state index in [1.165, 1.54) is 0 Å². The number of anilines is 1. The molecule has 112 valence electrons. The molecular formula is C18H16ClNO2. The predicted molar refractivity (Wildman–Crippen MR) is 86.4 cm³/mol. The average molecular weight is 314 g/mol. The lowest BCUT2D eigenvalue weighted by atomic mass is 9.86. The molecule has 22 heavy (non-hydrogen) atoms. The second-order valence-electron chi connectivity index (χ2n) is 6.34. The highest BCUT2D eigenvalue weighted by atomic mass is 35.5. The topological polar surface area (TPSA) is 32.8 Å². The minimum atomic E-state index is -0.390. The highest BCUT2D eigenvalue weighted by Crippen LogP contribution is 2.56. The molecular weight excluding hydrogens is 298 g/mol. The van der Waals surface area contributed by atoms with Crippen molar-refractivity contribution in [2.75, 3.05) is 4.90 Å². The van der Waals surface area contributed by atoms with Gasteiger partial charge < -0.3 is 4.74 Å². The molecule has 3 nitrogen and oxygen atoms in total. The third kappa shape index (κ3) is 1.89. The molecule has 2 heterocycles. The Balaban J connectivity index is 1.86. The molecule has 0 N–H and O–H groups in total. The molecule has 0 bridgehead atoms. The van der Waals surface area contributed by atoms with Gasteiger partial charge in [0.15, 0.2) is 0 Å². The Hall–Kier alpha value is -1.84. The Morgan fingerprint density at radius 1 is 1.18 bits per heavy atom. The summed E-state index contributed by atoms with van der Waals surface area (Å²) >= 11 is 6.12. The molecule has 0 aliphatic carbocycles. The van der Waals surface area contributed by atoms with Gasteiger partial charge in [-0.3, -0.25) is 9.69 Å². The lowest BCUT2D eigenvalue weighted by molar-refractivity contribution is 0.0952. The molecule has 0 aromatic heterocycles. The normalized spacial score (nSPS) is 24.4. The van der Waals surface area contributed by atoms with Crippen molar-refractivity contribution in [3.63, 3.8) is 0 Å². The van der Waals surface area contributed by atoms with Crippen molar-refractivity contribution in [3.05, 3.63) is 64.7 Å². The summed E-state index contributed by atoms with van der Waals surface area (Å²) in [4.78, 5) is 14.9. The maximum absolute atomic E-state index is 13.1. The minimum absolute atomic E-state index is 0.0110. The van der Waals surface area contributed by atoms with E-state index in [4.69, 9.17) is 16.3 Å². The molecule has 0 radical (unpaired) electrons. The van der Waals surface area contributed by atoms with E-state index in [9.17, 15) is 4.79 Å². The van der Waals surface area contributed by atoms with Crippen molar-refractivity contribution in [1.82, 2.24) is 0 Å². The Morgan fingerprint density at radius 2 is 1.91 bits per heavy atom. The maximum atomic E-state index is 13.1. The van der Waals surface area contributed by atoms with Crippen molar-refractivity contribution in [2.24, 2.45) is 0 Å². The van der Waals surface area contributed by atoms with Gasteiger partial charge in [0.1, 0.15) is 12.2 Å². The summed E-state index contributed by atoms with van der Waals surface area (Å²) < 4.78 is 5.84. The third-order valence-corrected chi connectivity index (χ3v) is 4.76. The molecule has 1 amide bonds. The van der Waals surface area contributed by atoms with Gasteiger partial charge in [0.05, 0.1) is 11.2 Å². The molecule has 1 fully saturated rings. The van der Waals surface area contributed by atoms with Crippen LogP contribution in [0.1, 0.15) is 35.9 Å². The van der Waals surface area contributed by atoms with Crippen LogP contribution in [0.25, 0.3) is 0 Å². The first kappa shape index (κ1) is 13.8. The van der Waals surface area contributed by atoms with Gasteiger partial charge in [0.2, 0.25) is 0 Å². The molecule has 0 spiro atoms. The first-order valence-electron chi connectivity index (χ1n) is 7.34. The van der Waals surface area contributed by atoms with Crippen LogP contribution in [-0.4, -0.2) is 17.6 Å². The van der Waals surface area contributed by atoms with Crippen LogP contribution in [-0.2, 0) is 4.74 Å². The molecule has 0 saturated carbocycles. The summed E-state index contributed by atoms with van der Waals surface area (Å²) in [6, 6.07) is 15.0. The number of amides is 1. The van der Waals surface area contributed by atoms with Gasteiger partial charge in [-0.1, -0.05) is 29.8 Å². The predicted octanol–water partition coefficient (Wildman–Crippen LogP) is 4.22. The lowest BCUT2D eigenvalue weighted by Crippen LogP contribution is -2.54. The van der Waals surface area contributed by atoms with Crippen LogP contribution in [0.4, 0.5) is 5.69 Å². The SMILES string of the molecule is CC1(C)C2OC2c2cc(Cl)ccc2N1C(=O)c1ccccc1. The molecule has 2 aromatic carbocycles. The fraction of sp³-hybridized carbons (Fsp3) is 0.278. The number of epoxide rings is 1. The van der Waals surface area contributed by atoms with Gasteiger partial charge in [-0.15, -0.1) is 0 Å². The van der Waals surface area contributed by atoms with Crippen LogP contribution in [0.2, 0.25) is 5.02 Å². The van der Waals surface area contributed by atoms with E-state index in [0.717, 1.165) is 11.3 Å². The Labute approximate surface area is 134 Å². The molecule has 2 unspecified atom stereocenters. The second-order valence-corrected chi connectivity index (χ2v) is 6.78. The van der Waals surface area contributed by atoms with Crippen molar-refractivity contribution in [2.45, 2.75) is 31.6 Å². The second kappa shape index (κ2) is 4.58. The van der Waals surface area contributed by atoms with E-state index in [1.807, 2.05) is 53.4 Å². The van der Waals surface area contributed by atoms with Gasteiger partial charge in [-0.05, 0) is 44.2 Å². The average Bonchev–Trinajstić information content (AvgIpc) is 3.30. The van der Waals surface area contributed by atoms with Crippen LogP contribution in [0.3, 0.4) is 0 Å². The molecule has 2 atom stereocenters. The van der Waals surface area contributed by atoms with E-state index >= 15 is 0 Å². The molecule has 2 aliphatic rings. The lowest BCUT2D eigenvalue weighted by Gasteiger charge is -2.41. The maximum Gasteiger partial charge on any atom is 0.258 e. The number of carbonyl (C=O) groups is 1. The summed E-state index contributed by atoms with van der Waals surface area (Å²) in [7, 11) is 0. The van der Waals surface area contributed by atoms with Crippen molar-refractivity contribution < 1.29 is 9.53 Å². The zero-order valence-corrected chi connectivity index (χ0v) is 13.2. The number of hydrogen-bond donors (Lipinski definition) is 0. The van der Waals surface area contributed by atoms with Crippen LogP contribution >= 0.6 is 11.6 Å². The number of halogens is 1. The highest BCUT2D eigenvalue weighted by molar-refractivity contribution is 6.30. The number of hydrogen-bond acceptors (Lipinski definition) is 2. The Bertz CT molecular complexity index is 757. The number of rotatable bonds is 1. The summed E-state index contributed by atoms with van der Waals surface area (Å²) in [6.07, 6.45) is 0.0645. The smallest absolute Gasteiger partial charge is 0.258 e. The zero-order valence-electron chi connectivity index (χ0n) is 12.4. The quantitative estimate of drug-likeness (QED) is 0.738. The first-order chi connectivity index (χ1) is 10.5. The van der Waals surface area contributed by atoms with Crippen LogP contribution in [0, 0.1) is 0 Å².